The second-order valence-corrected chi connectivity index (χ2v) is 8.54. The Balaban J connectivity index is 1.46. The third-order valence-corrected chi connectivity index (χ3v) is 6.51. The molecule has 6 heteroatoms. The lowest BCUT2D eigenvalue weighted by Gasteiger charge is -2.25. The van der Waals surface area contributed by atoms with Crippen molar-refractivity contribution in [1.29, 1.82) is 0 Å². The Morgan fingerprint density at radius 2 is 1.84 bits per heavy atom. The summed E-state index contributed by atoms with van der Waals surface area (Å²) in [6, 6.07) is 14.7. The van der Waals surface area contributed by atoms with Crippen LogP contribution in [0.4, 0.5) is 0 Å². The van der Waals surface area contributed by atoms with Crippen LogP contribution in [0.5, 0.6) is 0 Å². The average molecular weight is 420 g/mol. The SMILES string of the molecule is NC(CC[C@@H]1CCCO1)=NC(=O)c1ccc2c3ccccc3n(C3CCOCC3)c2c1. The molecular formula is C25H29N3O3. The van der Waals surface area contributed by atoms with Crippen molar-refractivity contribution in [1.82, 2.24) is 4.57 Å². The normalized spacial score (nSPS) is 20.6. The van der Waals surface area contributed by atoms with Crippen molar-refractivity contribution >= 4 is 33.5 Å². The number of nitrogens with two attached hydrogens (primary N) is 1. The molecule has 3 aromatic rings. The molecule has 2 saturated heterocycles. The second-order valence-electron chi connectivity index (χ2n) is 8.54. The van der Waals surface area contributed by atoms with E-state index in [1.54, 1.807) is 0 Å². The van der Waals surface area contributed by atoms with E-state index in [1.165, 1.54) is 10.9 Å². The molecule has 0 saturated carbocycles. The van der Waals surface area contributed by atoms with Crippen molar-refractivity contribution in [2.24, 2.45) is 10.7 Å². The van der Waals surface area contributed by atoms with Gasteiger partial charge in [0.1, 0.15) is 5.84 Å². The number of benzene rings is 2. The van der Waals surface area contributed by atoms with Gasteiger partial charge in [-0.25, -0.2) is 0 Å². The van der Waals surface area contributed by atoms with Crippen LogP contribution >= 0.6 is 0 Å². The Morgan fingerprint density at radius 1 is 1.03 bits per heavy atom. The van der Waals surface area contributed by atoms with Crippen LogP contribution in [0, 0.1) is 0 Å². The van der Waals surface area contributed by atoms with E-state index in [2.05, 4.69) is 33.8 Å². The van der Waals surface area contributed by atoms with Gasteiger partial charge in [-0.1, -0.05) is 24.3 Å². The van der Waals surface area contributed by atoms with E-state index in [0.29, 0.717) is 23.9 Å². The van der Waals surface area contributed by atoms with Gasteiger partial charge in [0, 0.05) is 54.1 Å². The molecule has 5 rings (SSSR count). The van der Waals surface area contributed by atoms with Crippen LogP contribution < -0.4 is 5.73 Å². The van der Waals surface area contributed by atoms with Gasteiger partial charge in [-0.2, -0.15) is 4.99 Å². The third-order valence-electron chi connectivity index (χ3n) is 6.51. The molecule has 0 unspecified atom stereocenters. The molecule has 3 heterocycles. The average Bonchev–Trinajstić information content (AvgIpc) is 3.44. The smallest absolute Gasteiger partial charge is 0.278 e. The van der Waals surface area contributed by atoms with E-state index in [0.717, 1.165) is 62.8 Å². The molecule has 0 spiro atoms. The zero-order valence-corrected chi connectivity index (χ0v) is 17.8. The predicted molar refractivity (Wildman–Crippen MR) is 123 cm³/mol. The topological polar surface area (TPSA) is 78.8 Å². The first-order valence-corrected chi connectivity index (χ1v) is 11.3. The summed E-state index contributed by atoms with van der Waals surface area (Å²) in [4.78, 5) is 17.1. The molecule has 0 radical (unpaired) electrons. The molecule has 6 nitrogen and oxygen atoms in total. The molecule has 2 aliphatic rings. The maximum absolute atomic E-state index is 12.9. The minimum Gasteiger partial charge on any atom is -0.387 e. The first-order chi connectivity index (χ1) is 15.2. The Kier molecular flexibility index (Phi) is 5.74. The van der Waals surface area contributed by atoms with Crippen LogP contribution in [0.15, 0.2) is 47.5 Å². The van der Waals surface area contributed by atoms with E-state index in [1.807, 2.05) is 18.2 Å². The number of para-hydroxylation sites is 1. The molecule has 31 heavy (non-hydrogen) atoms. The lowest BCUT2D eigenvalue weighted by molar-refractivity contribution is 0.0717. The highest BCUT2D eigenvalue weighted by molar-refractivity contribution is 6.11. The number of aromatic nitrogens is 1. The van der Waals surface area contributed by atoms with E-state index in [4.69, 9.17) is 15.2 Å². The highest BCUT2D eigenvalue weighted by Crippen LogP contribution is 2.35. The number of ether oxygens (including phenoxy) is 2. The summed E-state index contributed by atoms with van der Waals surface area (Å²) in [6.07, 6.45) is 5.76. The molecule has 1 atom stereocenters. The fourth-order valence-electron chi connectivity index (χ4n) is 4.90. The van der Waals surface area contributed by atoms with Crippen LogP contribution in [0.2, 0.25) is 0 Å². The zero-order chi connectivity index (χ0) is 21.2. The van der Waals surface area contributed by atoms with Crippen molar-refractivity contribution in [2.45, 2.75) is 50.7 Å². The van der Waals surface area contributed by atoms with Crippen molar-refractivity contribution in [3.63, 3.8) is 0 Å². The fraction of sp³-hybridized carbons (Fsp3) is 0.440. The minimum atomic E-state index is -0.282. The van der Waals surface area contributed by atoms with Crippen molar-refractivity contribution in [3.05, 3.63) is 48.0 Å². The lowest BCUT2D eigenvalue weighted by Crippen LogP contribution is -2.19. The summed E-state index contributed by atoms with van der Waals surface area (Å²) >= 11 is 0. The van der Waals surface area contributed by atoms with Crippen molar-refractivity contribution in [2.75, 3.05) is 19.8 Å². The number of amides is 1. The van der Waals surface area contributed by atoms with Gasteiger partial charge < -0.3 is 19.8 Å². The van der Waals surface area contributed by atoms with E-state index >= 15 is 0 Å². The zero-order valence-electron chi connectivity index (χ0n) is 17.8. The highest BCUT2D eigenvalue weighted by Gasteiger charge is 2.22. The molecule has 2 aliphatic heterocycles. The molecule has 2 N–H and O–H groups in total. The van der Waals surface area contributed by atoms with Crippen LogP contribution in [-0.4, -0.2) is 42.2 Å². The van der Waals surface area contributed by atoms with E-state index in [9.17, 15) is 4.79 Å². The molecular weight excluding hydrogens is 390 g/mol. The van der Waals surface area contributed by atoms with Crippen LogP contribution in [-0.2, 0) is 9.47 Å². The number of amidine groups is 1. The van der Waals surface area contributed by atoms with E-state index < -0.39 is 0 Å². The molecule has 1 amide bonds. The fourth-order valence-corrected chi connectivity index (χ4v) is 4.90. The number of nitrogens with zero attached hydrogens (tertiary/aromatic N) is 2. The molecule has 1 aromatic heterocycles. The highest BCUT2D eigenvalue weighted by atomic mass is 16.5. The lowest BCUT2D eigenvalue weighted by atomic mass is 10.1. The summed E-state index contributed by atoms with van der Waals surface area (Å²) in [5.74, 6) is 0.0982. The van der Waals surface area contributed by atoms with Crippen LogP contribution in [0.25, 0.3) is 21.8 Å². The van der Waals surface area contributed by atoms with Crippen molar-refractivity contribution < 1.29 is 14.3 Å². The largest absolute Gasteiger partial charge is 0.387 e. The monoisotopic (exact) mass is 419 g/mol. The van der Waals surface area contributed by atoms with Gasteiger partial charge >= 0.3 is 0 Å². The summed E-state index contributed by atoms with van der Waals surface area (Å²) in [6.45, 7) is 2.35. The maximum Gasteiger partial charge on any atom is 0.278 e. The van der Waals surface area contributed by atoms with Gasteiger partial charge in [-0.15, -0.1) is 0 Å². The number of aliphatic imine (C=N–C) groups is 1. The minimum absolute atomic E-state index is 0.246. The van der Waals surface area contributed by atoms with Gasteiger partial charge in [-0.05, 0) is 50.3 Å². The number of carbonyl (C=O) groups is 1. The van der Waals surface area contributed by atoms with Crippen LogP contribution in [0.3, 0.4) is 0 Å². The van der Waals surface area contributed by atoms with Gasteiger partial charge in [0.25, 0.3) is 5.91 Å². The summed E-state index contributed by atoms with van der Waals surface area (Å²) in [5.41, 5.74) is 8.92. The summed E-state index contributed by atoms with van der Waals surface area (Å²) < 4.78 is 13.6. The number of fused-ring (bicyclic) bond motifs is 3. The Bertz CT molecular complexity index is 1120. The summed E-state index contributed by atoms with van der Waals surface area (Å²) in [5, 5.41) is 2.37. The quantitative estimate of drug-likeness (QED) is 0.484. The Labute approximate surface area is 182 Å². The first kappa shape index (κ1) is 20.2. The van der Waals surface area contributed by atoms with Crippen molar-refractivity contribution in [3.8, 4) is 0 Å². The van der Waals surface area contributed by atoms with Gasteiger partial charge in [0.15, 0.2) is 0 Å². The third kappa shape index (κ3) is 4.10. The Hall–Kier alpha value is -2.70. The van der Waals surface area contributed by atoms with E-state index in [-0.39, 0.29) is 12.0 Å². The summed E-state index contributed by atoms with van der Waals surface area (Å²) in [7, 11) is 0. The molecule has 162 valence electrons. The Morgan fingerprint density at radius 3 is 2.65 bits per heavy atom. The second kappa shape index (κ2) is 8.81. The molecule has 2 aromatic carbocycles. The number of rotatable bonds is 5. The van der Waals surface area contributed by atoms with Crippen LogP contribution in [0.1, 0.15) is 54.9 Å². The first-order valence-electron chi connectivity index (χ1n) is 11.3. The van der Waals surface area contributed by atoms with Gasteiger partial charge in [-0.3, -0.25) is 4.79 Å². The molecule has 2 fully saturated rings. The number of hydrogen-bond acceptors (Lipinski definition) is 3. The molecule has 0 bridgehead atoms. The maximum atomic E-state index is 12.9. The van der Waals surface area contributed by atoms with Gasteiger partial charge in [0.05, 0.1) is 11.6 Å². The van der Waals surface area contributed by atoms with Gasteiger partial charge in [0.2, 0.25) is 0 Å². The number of carbonyl (C=O) groups excluding carboxylic acids is 1. The number of hydrogen-bond donors (Lipinski definition) is 1. The predicted octanol–water partition coefficient (Wildman–Crippen LogP) is 4.60. The molecule has 0 aliphatic carbocycles. The standard InChI is InChI=1S/C25H29N3O3/c26-24(10-8-19-4-3-13-31-19)27-25(29)17-7-9-21-20-5-1-2-6-22(20)28(23(21)16-17)18-11-14-30-15-12-18/h1-2,5-7,9,16,18-19H,3-4,8,10-15H2,(H2,26,27,29)/t19-/m0/s1.